The molecule has 1 saturated carbocycles. The van der Waals surface area contributed by atoms with Gasteiger partial charge in [-0.1, -0.05) is 31.4 Å². The average Bonchev–Trinajstić information content (AvgIpc) is 2.72. The Kier molecular flexibility index (Phi) is 3.45. The molecule has 102 valence electrons. The average molecular weight is 260 g/mol. The van der Waals surface area contributed by atoms with Gasteiger partial charge in [0.1, 0.15) is 5.75 Å². The lowest BCUT2D eigenvalue weighted by Crippen LogP contribution is -2.21. The first-order valence-electron chi connectivity index (χ1n) is 7.24. The van der Waals surface area contributed by atoms with Crippen molar-refractivity contribution in [1.29, 1.82) is 0 Å². The fraction of sp³-hybridized carbons (Fsp3) is 0.562. The van der Waals surface area contributed by atoms with Crippen LogP contribution in [0.3, 0.4) is 0 Å². The predicted molar refractivity (Wildman–Crippen MR) is 72.6 cm³/mol. The van der Waals surface area contributed by atoms with Gasteiger partial charge in [0.25, 0.3) is 0 Å². The van der Waals surface area contributed by atoms with E-state index in [1.807, 2.05) is 6.07 Å². The van der Waals surface area contributed by atoms with Crippen molar-refractivity contribution in [3.05, 3.63) is 29.3 Å². The van der Waals surface area contributed by atoms with Crippen molar-refractivity contribution < 1.29 is 14.6 Å². The summed E-state index contributed by atoms with van der Waals surface area (Å²) in [6.07, 6.45) is 6.11. The highest BCUT2D eigenvalue weighted by molar-refractivity contribution is 5.71. The lowest BCUT2D eigenvalue weighted by molar-refractivity contribution is -0.142. The Hall–Kier alpha value is -1.51. The van der Waals surface area contributed by atoms with Gasteiger partial charge in [-0.25, -0.2) is 0 Å². The maximum atomic E-state index is 11.5. The molecule has 0 bridgehead atoms. The van der Waals surface area contributed by atoms with Gasteiger partial charge >= 0.3 is 5.97 Å². The molecular weight excluding hydrogens is 240 g/mol. The van der Waals surface area contributed by atoms with E-state index in [9.17, 15) is 9.90 Å². The lowest BCUT2D eigenvalue weighted by Gasteiger charge is -2.22. The highest BCUT2D eigenvalue weighted by atomic mass is 16.5. The van der Waals surface area contributed by atoms with Gasteiger partial charge in [0.2, 0.25) is 0 Å². The summed E-state index contributed by atoms with van der Waals surface area (Å²) in [6.45, 7) is 0.756. The zero-order chi connectivity index (χ0) is 13.2. The van der Waals surface area contributed by atoms with E-state index in [0.717, 1.165) is 50.9 Å². The van der Waals surface area contributed by atoms with Gasteiger partial charge in [-0.15, -0.1) is 0 Å². The molecule has 3 heteroatoms. The molecule has 0 amide bonds. The summed E-state index contributed by atoms with van der Waals surface area (Å²) in [5.41, 5.74) is 2.43. The monoisotopic (exact) mass is 260 g/mol. The van der Waals surface area contributed by atoms with Crippen molar-refractivity contribution in [2.45, 2.75) is 44.4 Å². The van der Waals surface area contributed by atoms with Gasteiger partial charge in [0.15, 0.2) is 0 Å². The van der Waals surface area contributed by atoms with Crippen LogP contribution in [0.25, 0.3) is 0 Å². The molecule has 3 rings (SSSR count). The minimum absolute atomic E-state index is 0.172. The number of aliphatic carboxylic acids is 1. The Labute approximate surface area is 113 Å². The first kappa shape index (κ1) is 12.5. The topological polar surface area (TPSA) is 46.5 Å². The number of hydrogen-bond donors (Lipinski definition) is 1. The fourth-order valence-electron chi connectivity index (χ4n) is 3.44. The van der Waals surface area contributed by atoms with Crippen LogP contribution in [-0.2, 0) is 11.2 Å². The summed E-state index contributed by atoms with van der Waals surface area (Å²) in [7, 11) is 0. The third-order valence-electron chi connectivity index (χ3n) is 4.47. The van der Waals surface area contributed by atoms with Gasteiger partial charge in [0, 0.05) is 6.42 Å². The second-order valence-electron chi connectivity index (χ2n) is 5.65. The van der Waals surface area contributed by atoms with Crippen molar-refractivity contribution in [3.8, 4) is 5.75 Å². The van der Waals surface area contributed by atoms with E-state index in [1.54, 1.807) is 0 Å². The molecule has 1 aliphatic carbocycles. The SMILES string of the molecule is O=C(O)C1CCCCCC1c1ccc2c(c1)CCO2. The van der Waals surface area contributed by atoms with E-state index >= 15 is 0 Å². The fourth-order valence-corrected chi connectivity index (χ4v) is 3.44. The van der Waals surface area contributed by atoms with Crippen LogP contribution in [0.5, 0.6) is 5.75 Å². The molecule has 1 N–H and O–H groups in total. The Morgan fingerprint density at radius 1 is 1.21 bits per heavy atom. The Morgan fingerprint density at radius 3 is 2.89 bits per heavy atom. The molecule has 1 heterocycles. The summed E-state index contributed by atoms with van der Waals surface area (Å²) < 4.78 is 5.52. The highest BCUT2D eigenvalue weighted by Crippen LogP contribution is 2.39. The molecule has 2 unspecified atom stereocenters. The van der Waals surface area contributed by atoms with Crippen molar-refractivity contribution in [1.82, 2.24) is 0 Å². The number of benzene rings is 1. The van der Waals surface area contributed by atoms with Crippen molar-refractivity contribution in [2.75, 3.05) is 6.61 Å². The Morgan fingerprint density at radius 2 is 2.05 bits per heavy atom. The number of fused-ring (bicyclic) bond motifs is 1. The second-order valence-corrected chi connectivity index (χ2v) is 5.65. The van der Waals surface area contributed by atoms with Gasteiger partial charge < -0.3 is 9.84 Å². The first-order chi connectivity index (χ1) is 9.25. The molecule has 2 aliphatic rings. The van der Waals surface area contributed by atoms with E-state index in [4.69, 9.17) is 4.74 Å². The summed E-state index contributed by atoms with van der Waals surface area (Å²) in [5.74, 6) is 0.293. The third-order valence-corrected chi connectivity index (χ3v) is 4.47. The number of carboxylic acid groups (broad SMARTS) is 1. The number of carbonyl (C=O) groups is 1. The smallest absolute Gasteiger partial charge is 0.307 e. The molecule has 0 spiro atoms. The predicted octanol–water partition coefficient (Wildman–Crippen LogP) is 3.37. The maximum Gasteiger partial charge on any atom is 0.307 e. The summed E-state index contributed by atoms with van der Waals surface area (Å²) in [6, 6.07) is 6.26. The van der Waals surface area contributed by atoms with Crippen LogP contribution < -0.4 is 4.74 Å². The summed E-state index contributed by atoms with van der Waals surface area (Å²) >= 11 is 0. The van der Waals surface area contributed by atoms with Gasteiger partial charge in [-0.3, -0.25) is 4.79 Å². The Bertz CT molecular complexity index is 481. The number of carboxylic acids is 1. The zero-order valence-corrected chi connectivity index (χ0v) is 11.1. The number of hydrogen-bond acceptors (Lipinski definition) is 2. The summed E-state index contributed by atoms with van der Waals surface area (Å²) in [5, 5.41) is 9.46. The summed E-state index contributed by atoms with van der Waals surface area (Å²) in [4.78, 5) is 11.5. The van der Waals surface area contributed by atoms with Crippen LogP contribution in [0, 0.1) is 5.92 Å². The molecule has 1 aromatic rings. The molecular formula is C16H20O3. The van der Waals surface area contributed by atoms with Crippen LogP contribution in [-0.4, -0.2) is 17.7 Å². The van der Waals surface area contributed by atoms with E-state index < -0.39 is 5.97 Å². The molecule has 0 saturated heterocycles. The molecule has 1 aromatic carbocycles. The molecule has 3 nitrogen and oxygen atoms in total. The van der Waals surface area contributed by atoms with Gasteiger partial charge in [0.05, 0.1) is 12.5 Å². The molecule has 1 aliphatic heterocycles. The van der Waals surface area contributed by atoms with E-state index in [-0.39, 0.29) is 11.8 Å². The van der Waals surface area contributed by atoms with Crippen molar-refractivity contribution >= 4 is 5.97 Å². The minimum atomic E-state index is -0.636. The van der Waals surface area contributed by atoms with Crippen molar-refractivity contribution in [3.63, 3.8) is 0 Å². The molecule has 19 heavy (non-hydrogen) atoms. The normalized spacial score (nSPS) is 26.3. The third kappa shape index (κ3) is 2.46. The first-order valence-corrected chi connectivity index (χ1v) is 7.24. The van der Waals surface area contributed by atoms with E-state index in [1.165, 1.54) is 11.1 Å². The van der Waals surface area contributed by atoms with Crippen LogP contribution in [0.4, 0.5) is 0 Å². The molecule has 0 aromatic heterocycles. The minimum Gasteiger partial charge on any atom is -0.493 e. The number of ether oxygens (including phenoxy) is 1. The maximum absolute atomic E-state index is 11.5. The molecule has 1 fully saturated rings. The highest BCUT2D eigenvalue weighted by Gasteiger charge is 2.31. The van der Waals surface area contributed by atoms with E-state index in [2.05, 4.69) is 12.1 Å². The van der Waals surface area contributed by atoms with E-state index in [0.29, 0.717) is 0 Å². The molecule has 0 radical (unpaired) electrons. The van der Waals surface area contributed by atoms with Crippen LogP contribution >= 0.6 is 0 Å². The van der Waals surface area contributed by atoms with Crippen LogP contribution in [0.1, 0.15) is 49.1 Å². The lowest BCUT2D eigenvalue weighted by atomic mass is 9.82. The standard InChI is InChI=1S/C16H20O3/c17-16(18)14-5-3-1-2-4-13(14)11-6-7-15-12(10-11)8-9-19-15/h6-7,10,13-14H,1-5,8-9H2,(H,17,18). The molecule has 2 atom stereocenters. The van der Waals surface area contributed by atoms with Crippen LogP contribution in [0.15, 0.2) is 18.2 Å². The van der Waals surface area contributed by atoms with Crippen LogP contribution in [0.2, 0.25) is 0 Å². The number of rotatable bonds is 2. The largest absolute Gasteiger partial charge is 0.493 e. The second kappa shape index (κ2) is 5.24. The Balaban J connectivity index is 1.91. The quantitative estimate of drug-likeness (QED) is 0.829. The van der Waals surface area contributed by atoms with Crippen molar-refractivity contribution in [2.24, 2.45) is 5.92 Å². The zero-order valence-electron chi connectivity index (χ0n) is 11.1. The van der Waals surface area contributed by atoms with Gasteiger partial charge in [-0.05, 0) is 36.0 Å². The van der Waals surface area contributed by atoms with Gasteiger partial charge in [-0.2, -0.15) is 0 Å².